The van der Waals surface area contributed by atoms with Gasteiger partial charge in [0.2, 0.25) is 0 Å². The Hall–Kier alpha value is -2.35. The average molecular weight is 412 g/mol. The number of allylic oxidation sites excluding steroid dienone is 1. The van der Waals surface area contributed by atoms with E-state index in [-0.39, 0.29) is 6.10 Å². The van der Waals surface area contributed by atoms with Gasteiger partial charge in [-0.05, 0) is 34.6 Å². The fourth-order valence-corrected chi connectivity index (χ4v) is 2.27. The molecule has 0 aromatic rings. The number of carbonyl (C=O) groups is 2. The molecule has 1 aliphatic heterocycles. The van der Waals surface area contributed by atoms with Gasteiger partial charge in [0.15, 0.2) is 0 Å². The molecule has 29 heavy (non-hydrogen) atoms. The number of esters is 1. The van der Waals surface area contributed by atoms with Crippen molar-refractivity contribution < 1.29 is 23.8 Å². The van der Waals surface area contributed by atoms with Gasteiger partial charge in [-0.25, -0.2) is 14.6 Å². The summed E-state index contributed by atoms with van der Waals surface area (Å²) < 4.78 is 15.8. The number of nitrogens with zero attached hydrogens (tertiary/aromatic N) is 2. The smallest absolute Gasteiger partial charge is 0.407 e. The van der Waals surface area contributed by atoms with Crippen molar-refractivity contribution >= 4 is 18.3 Å². The molecule has 0 bridgehead atoms. The van der Waals surface area contributed by atoms with Crippen LogP contribution < -0.4 is 5.32 Å². The van der Waals surface area contributed by atoms with E-state index in [0.717, 1.165) is 0 Å². The van der Waals surface area contributed by atoms with Gasteiger partial charge in [0.1, 0.15) is 11.4 Å². The van der Waals surface area contributed by atoms with E-state index in [0.29, 0.717) is 44.2 Å². The van der Waals surface area contributed by atoms with E-state index in [1.54, 1.807) is 19.9 Å². The zero-order chi connectivity index (χ0) is 22.4. The maximum Gasteiger partial charge on any atom is 0.407 e. The summed E-state index contributed by atoms with van der Waals surface area (Å²) in [6.07, 6.45) is 2.41. The summed E-state index contributed by atoms with van der Waals surface area (Å²) in [7, 11) is 0. The van der Waals surface area contributed by atoms with E-state index >= 15 is 0 Å². The Bertz CT molecular complexity index is 594. The first-order chi connectivity index (χ1) is 13.7. The normalized spacial score (nSPS) is 17.3. The van der Waals surface area contributed by atoms with Crippen molar-refractivity contribution in [3.8, 4) is 0 Å². The molecule has 0 aliphatic carbocycles. The molecular weight excluding hydrogens is 374 g/mol. The number of aliphatic imine (C=N–C) groups is 1. The molecule has 1 atom stereocenters. The number of hydrogen-bond donors (Lipinski definition) is 1. The highest BCUT2D eigenvalue weighted by Crippen LogP contribution is 2.12. The molecule has 1 fully saturated rings. The average Bonchev–Trinajstić information content (AvgIpc) is 2.67. The third-order valence-electron chi connectivity index (χ3n) is 3.55. The minimum absolute atomic E-state index is 0.204. The summed E-state index contributed by atoms with van der Waals surface area (Å²) in [5, 5.41) is 2.71. The molecule has 1 saturated heterocycles. The van der Waals surface area contributed by atoms with Gasteiger partial charge >= 0.3 is 12.1 Å². The molecule has 166 valence electrons. The molecule has 0 saturated carbocycles. The molecule has 8 heteroatoms. The quantitative estimate of drug-likeness (QED) is 0.393. The van der Waals surface area contributed by atoms with Crippen LogP contribution in [0.3, 0.4) is 0 Å². The third kappa shape index (κ3) is 11.3. The number of rotatable bonds is 7. The summed E-state index contributed by atoms with van der Waals surface area (Å²) in [6.45, 7) is 19.1. The van der Waals surface area contributed by atoms with Crippen LogP contribution in [-0.4, -0.2) is 67.7 Å². The van der Waals surface area contributed by atoms with Gasteiger partial charge in [-0.15, -0.1) is 0 Å². The van der Waals surface area contributed by atoms with Crippen molar-refractivity contribution in [2.24, 2.45) is 4.99 Å². The van der Waals surface area contributed by atoms with E-state index in [2.05, 4.69) is 16.9 Å². The van der Waals surface area contributed by atoms with Gasteiger partial charge in [0, 0.05) is 25.8 Å². The summed E-state index contributed by atoms with van der Waals surface area (Å²) >= 11 is 0. The van der Waals surface area contributed by atoms with E-state index in [1.807, 2.05) is 39.5 Å². The molecule has 0 aromatic carbocycles. The standard InChI is InChI=1S/C19H31N3O5.C2H6/c1-7-15(17(23)25-8-2)11-20-14(3)22-9-10-26-16(13-22)12-21-18(24)27-19(4,5)6;1-2/h7,11,16H,3,8-10,12-13H2,1-2,4-6H3,(H,21,24);1-2H3/b15-7+,20-11-;. The van der Waals surface area contributed by atoms with Crippen molar-refractivity contribution in [1.29, 1.82) is 0 Å². The van der Waals surface area contributed by atoms with Crippen LogP contribution in [0, 0.1) is 0 Å². The van der Waals surface area contributed by atoms with Crippen LogP contribution in [0.4, 0.5) is 4.79 Å². The molecular formula is C21H37N3O5. The molecule has 0 spiro atoms. The second-order valence-electron chi connectivity index (χ2n) is 6.96. The van der Waals surface area contributed by atoms with Crippen LogP contribution in [0.2, 0.25) is 0 Å². The van der Waals surface area contributed by atoms with Crippen molar-refractivity contribution in [2.45, 2.75) is 60.2 Å². The molecule has 1 unspecified atom stereocenters. The Kier molecular flexibility index (Phi) is 12.6. The molecule has 0 radical (unpaired) electrons. The SMILES string of the molecule is C=C(/N=C\C(=C/C)C(=O)OCC)N1CCOC(CNC(=O)OC(C)(C)C)C1.CC. The summed E-state index contributed by atoms with van der Waals surface area (Å²) in [6, 6.07) is 0. The van der Waals surface area contributed by atoms with Gasteiger partial charge in [0.25, 0.3) is 0 Å². The van der Waals surface area contributed by atoms with Gasteiger partial charge in [-0.3, -0.25) is 0 Å². The second-order valence-corrected chi connectivity index (χ2v) is 6.96. The molecule has 1 amide bonds. The van der Waals surface area contributed by atoms with E-state index in [9.17, 15) is 9.59 Å². The minimum atomic E-state index is -0.546. The van der Waals surface area contributed by atoms with Gasteiger partial charge in [-0.2, -0.15) is 0 Å². The fourth-order valence-electron chi connectivity index (χ4n) is 2.27. The number of carbonyl (C=O) groups excluding carboxylic acids is 2. The largest absolute Gasteiger partial charge is 0.462 e. The fraction of sp³-hybridized carbons (Fsp3) is 0.667. The highest BCUT2D eigenvalue weighted by Gasteiger charge is 2.23. The van der Waals surface area contributed by atoms with Crippen LogP contribution in [0.5, 0.6) is 0 Å². The van der Waals surface area contributed by atoms with Crippen LogP contribution in [0.15, 0.2) is 29.0 Å². The van der Waals surface area contributed by atoms with Crippen molar-refractivity contribution in [1.82, 2.24) is 10.2 Å². The Morgan fingerprint density at radius 3 is 2.55 bits per heavy atom. The lowest BCUT2D eigenvalue weighted by atomic mass is 10.2. The highest BCUT2D eigenvalue weighted by molar-refractivity contribution is 6.09. The number of hydrogen-bond acceptors (Lipinski definition) is 7. The summed E-state index contributed by atoms with van der Waals surface area (Å²) in [5.74, 6) is 0.0992. The van der Waals surface area contributed by atoms with Crippen LogP contribution in [0.1, 0.15) is 48.5 Å². The lowest BCUT2D eigenvalue weighted by molar-refractivity contribution is -0.137. The second kappa shape index (κ2) is 13.8. The summed E-state index contributed by atoms with van der Waals surface area (Å²) in [4.78, 5) is 29.7. The molecule has 1 heterocycles. The predicted octanol–water partition coefficient (Wildman–Crippen LogP) is 3.29. The first kappa shape index (κ1) is 26.6. The van der Waals surface area contributed by atoms with Gasteiger partial charge in [-0.1, -0.05) is 26.5 Å². The van der Waals surface area contributed by atoms with Gasteiger partial charge in [0.05, 0.1) is 24.9 Å². The number of nitrogens with one attached hydrogen (secondary N) is 1. The number of amides is 1. The molecule has 0 aromatic heterocycles. The van der Waals surface area contributed by atoms with E-state index < -0.39 is 17.7 Å². The monoisotopic (exact) mass is 411 g/mol. The lowest BCUT2D eigenvalue weighted by Gasteiger charge is -2.34. The number of alkyl carbamates (subject to hydrolysis) is 1. The van der Waals surface area contributed by atoms with Crippen molar-refractivity contribution in [2.75, 3.05) is 32.8 Å². The third-order valence-corrected chi connectivity index (χ3v) is 3.55. The zero-order valence-corrected chi connectivity index (χ0v) is 18.9. The predicted molar refractivity (Wildman–Crippen MR) is 115 cm³/mol. The Balaban J connectivity index is 0.00000379. The summed E-state index contributed by atoms with van der Waals surface area (Å²) in [5.41, 5.74) is -0.176. The molecule has 1 rings (SSSR count). The lowest BCUT2D eigenvalue weighted by Crippen LogP contribution is -2.47. The maximum atomic E-state index is 11.8. The van der Waals surface area contributed by atoms with Gasteiger partial charge < -0.3 is 24.4 Å². The Morgan fingerprint density at radius 1 is 1.34 bits per heavy atom. The van der Waals surface area contributed by atoms with Crippen molar-refractivity contribution in [3.63, 3.8) is 0 Å². The van der Waals surface area contributed by atoms with E-state index in [1.165, 1.54) is 6.21 Å². The first-order valence-electron chi connectivity index (χ1n) is 10.1. The highest BCUT2D eigenvalue weighted by atomic mass is 16.6. The maximum absolute atomic E-state index is 11.8. The Labute approximate surface area is 175 Å². The first-order valence-corrected chi connectivity index (χ1v) is 10.1. The topological polar surface area (TPSA) is 89.5 Å². The molecule has 1 N–H and O–H groups in total. The minimum Gasteiger partial charge on any atom is -0.462 e. The number of ether oxygens (including phenoxy) is 3. The Morgan fingerprint density at radius 2 is 2.00 bits per heavy atom. The molecule has 1 aliphatic rings. The van der Waals surface area contributed by atoms with Crippen molar-refractivity contribution in [3.05, 3.63) is 24.0 Å². The zero-order valence-electron chi connectivity index (χ0n) is 18.9. The number of morpholine rings is 1. The van der Waals surface area contributed by atoms with Crippen LogP contribution in [-0.2, 0) is 19.0 Å². The van der Waals surface area contributed by atoms with Crippen LogP contribution >= 0.6 is 0 Å². The van der Waals surface area contributed by atoms with Crippen LogP contribution in [0.25, 0.3) is 0 Å². The molecule has 8 nitrogen and oxygen atoms in total. The van der Waals surface area contributed by atoms with E-state index in [4.69, 9.17) is 14.2 Å².